The van der Waals surface area contributed by atoms with Gasteiger partial charge in [-0.15, -0.1) is 0 Å². The van der Waals surface area contributed by atoms with Gasteiger partial charge in [-0.3, -0.25) is 4.79 Å². The van der Waals surface area contributed by atoms with Gasteiger partial charge >= 0.3 is 6.03 Å². The number of carbonyl (C=O) groups is 2. The molecule has 4 aliphatic carbocycles. The summed E-state index contributed by atoms with van der Waals surface area (Å²) in [6.07, 6.45) is 9.68. The number of nitrogens with one attached hydrogen (secondary N) is 3. The fraction of sp³-hybridized carbons (Fsp3) is 0.720. The minimum atomic E-state index is -0.635. The maximum atomic E-state index is 13.4. The van der Waals surface area contributed by atoms with E-state index in [1.165, 1.54) is 6.20 Å². The molecule has 1 aromatic rings. The van der Waals surface area contributed by atoms with Crippen LogP contribution in [0, 0.1) is 23.7 Å². The van der Waals surface area contributed by atoms with E-state index in [0.717, 1.165) is 32.1 Å². The topological polar surface area (TPSA) is 118 Å². The molecule has 5 rings (SSSR count). The molecule has 4 saturated carbocycles. The van der Waals surface area contributed by atoms with Crippen molar-refractivity contribution in [2.24, 2.45) is 23.7 Å². The minimum Gasteiger partial charge on any atom is -0.477 e. The van der Waals surface area contributed by atoms with Crippen LogP contribution in [0.25, 0.3) is 6.20 Å². The second kappa shape index (κ2) is 9.24. The van der Waals surface area contributed by atoms with Crippen molar-refractivity contribution in [1.29, 1.82) is 0 Å². The molecule has 3 amide bonds. The predicted octanol–water partition coefficient (Wildman–Crippen LogP) is 2.77. The van der Waals surface area contributed by atoms with Gasteiger partial charge in [0, 0.05) is 19.3 Å². The van der Waals surface area contributed by atoms with E-state index in [0.29, 0.717) is 35.8 Å². The Bertz CT molecular complexity index is 937. The number of hydrogen-bond donors (Lipinski definition) is 4. The summed E-state index contributed by atoms with van der Waals surface area (Å²) in [4.78, 5) is 25.1. The van der Waals surface area contributed by atoms with E-state index in [9.17, 15) is 14.7 Å². The van der Waals surface area contributed by atoms with Gasteiger partial charge in [-0.1, -0.05) is 13.8 Å². The lowest BCUT2D eigenvalue weighted by Crippen LogP contribution is -2.61. The van der Waals surface area contributed by atoms with Crippen molar-refractivity contribution < 1.29 is 19.4 Å². The molecule has 1 heterocycles. The number of aromatic nitrogens is 2. The van der Waals surface area contributed by atoms with E-state index >= 15 is 0 Å². The Morgan fingerprint density at radius 2 is 1.97 bits per heavy atom. The molecule has 2 unspecified atom stereocenters. The number of hydrogen-bond acceptors (Lipinski definition) is 5. The van der Waals surface area contributed by atoms with Crippen LogP contribution in [0.5, 0.6) is 5.88 Å². The van der Waals surface area contributed by atoms with Crippen LogP contribution in [-0.4, -0.2) is 57.7 Å². The molecule has 0 aliphatic heterocycles. The van der Waals surface area contributed by atoms with Crippen molar-refractivity contribution >= 4 is 18.1 Å². The molecule has 4 bridgehead atoms. The molecule has 9 nitrogen and oxygen atoms in total. The second-order valence-electron chi connectivity index (χ2n) is 11.4. The summed E-state index contributed by atoms with van der Waals surface area (Å²) in [5, 5.41) is 23.9. The van der Waals surface area contributed by atoms with E-state index in [1.807, 2.05) is 27.7 Å². The van der Waals surface area contributed by atoms with Crippen LogP contribution in [0.15, 0.2) is 12.3 Å². The first-order valence-electron chi connectivity index (χ1n) is 12.4. The van der Waals surface area contributed by atoms with E-state index in [4.69, 9.17) is 4.74 Å². The average Bonchev–Trinajstić information content (AvgIpc) is 3.14. The van der Waals surface area contributed by atoms with Gasteiger partial charge in [0.15, 0.2) is 0 Å². The smallest absolute Gasteiger partial charge is 0.315 e. The summed E-state index contributed by atoms with van der Waals surface area (Å²) >= 11 is 0. The van der Waals surface area contributed by atoms with E-state index in [1.54, 1.807) is 24.0 Å². The van der Waals surface area contributed by atoms with Crippen LogP contribution in [0.3, 0.4) is 0 Å². The largest absolute Gasteiger partial charge is 0.477 e. The number of amides is 3. The molecule has 4 N–H and O–H groups in total. The maximum Gasteiger partial charge on any atom is 0.315 e. The Balaban J connectivity index is 1.52. The Kier molecular flexibility index (Phi) is 6.68. The number of carbonyl (C=O) groups excluding carboxylic acids is 2. The third kappa shape index (κ3) is 5.24. The second-order valence-corrected chi connectivity index (χ2v) is 11.4. The molecule has 2 atom stereocenters. The Labute approximate surface area is 201 Å². The standard InChI is InChI=1S/C25H39N5O4/c1-15(2)14-34-22-19(13-27-30(22)7-6-24(3,4)29-23(32)26-5)21(31)28-20-17-8-16-9-18(20)12-25(33,10-16)11-17/h6-7,13,15-18,20,33H,8-12,14H2,1-5H3,(H,28,31)(H2,26,29,32). The van der Waals surface area contributed by atoms with Gasteiger partial charge in [0.25, 0.3) is 5.91 Å². The van der Waals surface area contributed by atoms with Crippen LogP contribution in [0.2, 0.25) is 0 Å². The average molecular weight is 474 g/mol. The lowest BCUT2D eigenvalue weighted by Gasteiger charge is -2.58. The van der Waals surface area contributed by atoms with Crippen molar-refractivity contribution in [3.8, 4) is 5.88 Å². The molecule has 0 aromatic carbocycles. The van der Waals surface area contributed by atoms with Crippen molar-refractivity contribution in [3.05, 3.63) is 17.8 Å². The van der Waals surface area contributed by atoms with Crippen LogP contribution in [-0.2, 0) is 0 Å². The molecule has 4 aliphatic rings. The van der Waals surface area contributed by atoms with E-state index in [-0.39, 0.29) is 23.9 Å². The molecule has 9 heteroatoms. The highest BCUT2D eigenvalue weighted by Gasteiger charge is 2.55. The summed E-state index contributed by atoms with van der Waals surface area (Å²) in [6.45, 7) is 8.27. The third-order valence-corrected chi connectivity index (χ3v) is 7.38. The van der Waals surface area contributed by atoms with E-state index in [2.05, 4.69) is 21.0 Å². The summed E-state index contributed by atoms with van der Waals surface area (Å²) in [5.41, 5.74) is -0.770. The number of rotatable bonds is 8. The SMILES string of the molecule is CNC(=O)NC(C)(C)C=Cn1ncc(C(=O)NC2C3CC4CC2CC(O)(C4)C3)c1OCC(C)C. The fourth-order valence-electron chi connectivity index (χ4n) is 6.10. The van der Waals surface area contributed by atoms with Gasteiger partial charge in [-0.25, -0.2) is 9.48 Å². The molecular formula is C25H39N5O4. The van der Waals surface area contributed by atoms with Crippen LogP contribution >= 0.6 is 0 Å². The first-order valence-corrected chi connectivity index (χ1v) is 12.4. The van der Waals surface area contributed by atoms with Gasteiger partial charge in [-0.2, -0.15) is 5.10 Å². The van der Waals surface area contributed by atoms with E-state index < -0.39 is 11.1 Å². The van der Waals surface area contributed by atoms with Gasteiger partial charge < -0.3 is 25.8 Å². The molecule has 0 spiro atoms. The Hall–Kier alpha value is -2.55. The van der Waals surface area contributed by atoms with Crippen molar-refractivity contribution in [2.75, 3.05) is 13.7 Å². The van der Waals surface area contributed by atoms with Gasteiger partial charge in [0.2, 0.25) is 5.88 Å². The Morgan fingerprint density at radius 3 is 2.56 bits per heavy atom. The van der Waals surface area contributed by atoms with Crippen molar-refractivity contribution in [1.82, 2.24) is 25.7 Å². The first-order chi connectivity index (χ1) is 16.0. The zero-order chi connectivity index (χ0) is 24.7. The lowest BCUT2D eigenvalue weighted by atomic mass is 9.52. The normalized spacial score (nSPS) is 30.1. The van der Waals surface area contributed by atoms with Gasteiger partial charge in [-0.05, 0) is 75.7 Å². The lowest BCUT2D eigenvalue weighted by molar-refractivity contribution is -0.136. The maximum absolute atomic E-state index is 13.4. The monoisotopic (exact) mass is 473 g/mol. The highest BCUT2D eigenvalue weighted by molar-refractivity contribution is 5.96. The van der Waals surface area contributed by atoms with Crippen LogP contribution in [0.4, 0.5) is 4.79 Å². The minimum absolute atomic E-state index is 0.0804. The molecule has 188 valence electrons. The van der Waals surface area contributed by atoms with Crippen molar-refractivity contribution in [2.45, 2.75) is 77.0 Å². The van der Waals surface area contributed by atoms with Crippen LogP contribution in [0.1, 0.15) is 70.2 Å². The summed E-state index contributed by atoms with van der Waals surface area (Å²) < 4.78 is 7.58. The number of ether oxygens (including phenoxy) is 1. The number of urea groups is 1. The van der Waals surface area contributed by atoms with Crippen molar-refractivity contribution in [3.63, 3.8) is 0 Å². The third-order valence-electron chi connectivity index (χ3n) is 7.38. The zero-order valence-corrected chi connectivity index (χ0v) is 20.9. The molecule has 34 heavy (non-hydrogen) atoms. The summed E-state index contributed by atoms with van der Waals surface area (Å²) in [7, 11) is 1.56. The predicted molar refractivity (Wildman–Crippen MR) is 129 cm³/mol. The molecule has 4 fully saturated rings. The molecule has 0 radical (unpaired) electrons. The Morgan fingerprint density at radius 1 is 1.29 bits per heavy atom. The highest BCUT2D eigenvalue weighted by atomic mass is 16.5. The molecule has 0 saturated heterocycles. The zero-order valence-electron chi connectivity index (χ0n) is 20.9. The fourth-order valence-corrected chi connectivity index (χ4v) is 6.10. The summed E-state index contributed by atoms with van der Waals surface area (Å²) in [6, 6.07) is -0.205. The van der Waals surface area contributed by atoms with Gasteiger partial charge in [0.1, 0.15) is 5.56 Å². The molecular weight excluding hydrogens is 434 g/mol. The molecule has 1 aromatic heterocycles. The summed E-state index contributed by atoms with van der Waals surface area (Å²) in [5.74, 6) is 1.71. The van der Waals surface area contributed by atoms with Crippen LogP contribution < -0.4 is 20.7 Å². The number of aliphatic hydroxyl groups is 1. The van der Waals surface area contributed by atoms with Gasteiger partial charge in [0.05, 0.1) is 23.9 Å². The highest BCUT2D eigenvalue weighted by Crippen LogP contribution is 2.55. The number of nitrogens with zero attached hydrogens (tertiary/aromatic N) is 2. The first kappa shape index (κ1) is 24.6. The quantitative estimate of drug-likeness (QED) is 0.463.